The predicted octanol–water partition coefficient (Wildman–Crippen LogP) is 3.80. The molecule has 0 radical (unpaired) electrons. The van der Waals surface area contributed by atoms with E-state index < -0.39 is 20.2 Å². The van der Waals surface area contributed by atoms with E-state index in [-0.39, 0.29) is 6.04 Å². The summed E-state index contributed by atoms with van der Waals surface area (Å²) < 4.78 is 59.5. The lowest BCUT2D eigenvalue weighted by atomic mass is 10.1. The SMILES string of the molecule is CCC(CCCl)Nc1ccc(S(=O)(=O)C(F)(F)F)cc1. The van der Waals surface area contributed by atoms with Crippen LogP contribution in [0.25, 0.3) is 0 Å². The van der Waals surface area contributed by atoms with Crippen LogP contribution in [0.5, 0.6) is 0 Å². The third-order valence-electron chi connectivity index (χ3n) is 2.79. The zero-order chi connectivity index (χ0) is 15.4. The van der Waals surface area contributed by atoms with Crippen molar-refractivity contribution in [2.45, 2.75) is 36.2 Å². The number of nitrogens with one attached hydrogen (secondary N) is 1. The van der Waals surface area contributed by atoms with Crippen LogP contribution in [0.1, 0.15) is 19.8 Å². The Kier molecular flexibility index (Phi) is 5.70. The van der Waals surface area contributed by atoms with Crippen molar-refractivity contribution in [3.63, 3.8) is 0 Å². The summed E-state index contributed by atoms with van der Waals surface area (Å²) in [7, 11) is -5.29. The number of alkyl halides is 4. The second-order valence-corrected chi connectivity index (χ2v) is 6.52. The zero-order valence-corrected chi connectivity index (χ0v) is 12.3. The van der Waals surface area contributed by atoms with Gasteiger partial charge in [-0.2, -0.15) is 13.2 Å². The number of sulfone groups is 1. The van der Waals surface area contributed by atoms with E-state index in [9.17, 15) is 21.6 Å². The molecule has 0 spiro atoms. The van der Waals surface area contributed by atoms with Gasteiger partial charge in [0.2, 0.25) is 0 Å². The van der Waals surface area contributed by atoms with Gasteiger partial charge in [-0.05, 0) is 37.1 Å². The lowest BCUT2D eigenvalue weighted by Crippen LogP contribution is -2.23. The van der Waals surface area contributed by atoms with Crippen molar-refractivity contribution in [3.8, 4) is 0 Å². The molecule has 3 nitrogen and oxygen atoms in total. The van der Waals surface area contributed by atoms with Crippen molar-refractivity contribution in [1.82, 2.24) is 0 Å². The maximum atomic E-state index is 12.4. The van der Waals surface area contributed by atoms with Crippen LogP contribution < -0.4 is 5.32 Å². The number of hydrogen-bond donors (Lipinski definition) is 1. The molecule has 0 heterocycles. The van der Waals surface area contributed by atoms with Crippen molar-refractivity contribution in [2.24, 2.45) is 0 Å². The minimum Gasteiger partial charge on any atom is -0.382 e. The van der Waals surface area contributed by atoms with E-state index in [1.54, 1.807) is 0 Å². The van der Waals surface area contributed by atoms with E-state index in [4.69, 9.17) is 11.6 Å². The first-order valence-electron chi connectivity index (χ1n) is 5.96. The standard InChI is InChI=1S/C12H15ClF3NO2S/c1-2-9(7-8-13)17-10-3-5-11(6-4-10)20(18,19)12(14,15)16/h3-6,9,17H,2,7-8H2,1H3. The molecular weight excluding hydrogens is 315 g/mol. The molecule has 0 saturated heterocycles. The van der Waals surface area contributed by atoms with Crippen LogP contribution in [-0.4, -0.2) is 25.8 Å². The molecule has 0 aliphatic carbocycles. The molecule has 1 atom stereocenters. The number of benzene rings is 1. The summed E-state index contributed by atoms with van der Waals surface area (Å²) >= 11 is 5.63. The van der Waals surface area contributed by atoms with Crippen LogP contribution in [-0.2, 0) is 9.84 Å². The largest absolute Gasteiger partial charge is 0.501 e. The predicted molar refractivity (Wildman–Crippen MR) is 72.7 cm³/mol. The topological polar surface area (TPSA) is 46.2 Å². The van der Waals surface area contributed by atoms with Gasteiger partial charge in [-0.3, -0.25) is 0 Å². The number of rotatable bonds is 6. The van der Waals surface area contributed by atoms with E-state index in [2.05, 4.69) is 5.32 Å². The summed E-state index contributed by atoms with van der Waals surface area (Å²) in [5.41, 5.74) is -4.73. The van der Waals surface area contributed by atoms with Gasteiger partial charge in [0.05, 0.1) is 4.90 Å². The van der Waals surface area contributed by atoms with Crippen LogP contribution in [0, 0.1) is 0 Å². The summed E-state index contributed by atoms with van der Waals surface area (Å²) in [6.45, 7) is 1.95. The summed E-state index contributed by atoms with van der Waals surface area (Å²) in [5, 5.41) is 3.09. The molecule has 0 saturated carbocycles. The first kappa shape index (κ1) is 17.1. The van der Waals surface area contributed by atoms with Gasteiger partial charge >= 0.3 is 5.51 Å². The number of hydrogen-bond acceptors (Lipinski definition) is 3. The van der Waals surface area contributed by atoms with E-state index in [0.29, 0.717) is 18.0 Å². The van der Waals surface area contributed by atoms with Gasteiger partial charge in [0.25, 0.3) is 9.84 Å². The molecule has 0 aromatic heterocycles. The Bertz CT molecular complexity index is 529. The van der Waals surface area contributed by atoms with Gasteiger partial charge in [-0.1, -0.05) is 6.92 Å². The molecule has 0 aliphatic rings. The molecule has 114 valence electrons. The maximum Gasteiger partial charge on any atom is 0.501 e. The monoisotopic (exact) mass is 329 g/mol. The van der Waals surface area contributed by atoms with Crippen molar-refractivity contribution in [1.29, 1.82) is 0 Å². The highest BCUT2D eigenvalue weighted by molar-refractivity contribution is 7.92. The minimum atomic E-state index is -5.29. The number of anilines is 1. The third-order valence-corrected chi connectivity index (χ3v) is 4.51. The van der Waals surface area contributed by atoms with Crippen molar-refractivity contribution < 1.29 is 21.6 Å². The molecule has 0 bridgehead atoms. The Morgan fingerprint density at radius 3 is 2.20 bits per heavy atom. The van der Waals surface area contributed by atoms with Crippen LogP contribution in [0.3, 0.4) is 0 Å². The lowest BCUT2D eigenvalue weighted by molar-refractivity contribution is -0.0436. The molecule has 20 heavy (non-hydrogen) atoms. The zero-order valence-electron chi connectivity index (χ0n) is 10.7. The second-order valence-electron chi connectivity index (χ2n) is 4.20. The van der Waals surface area contributed by atoms with Crippen LogP contribution >= 0.6 is 11.6 Å². The smallest absolute Gasteiger partial charge is 0.382 e. The first-order chi connectivity index (χ1) is 9.22. The van der Waals surface area contributed by atoms with E-state index in [1.165, 1.54) is 12.1 Å². The Morgan fingerprint density at radius 2 is 1.80 bits per heavy atom. The third kappa shape index (κ3) is 4.02. The first-order valence-corrected chi connectivity index (χ1v) is 7.98. The highest BCUT2D eigenvalue weighted by Crippen LogP contribution is 2.30. The highest BCUT2D eigenvalue weighted by atomic mass is 35.5. The molecule has 1 unspecified atom stereocenters. The lowest BCUT2D eigenvalue weighted by Gasteiger charge is -2.17. The Morgan fingerprint density at radius 1 is 1.25 bits per heavy atom. The van der Waals surface area contributed by atoms with E-state index in [1.807, 2.05) is 6.92 Å². The quantitative estimate of drug-likeness (QED) is 0.807. The van der Waals surface area contributed by atoms with Crippen molar-refractivity contribution >= 4 is 27.1 Å². The second kappa shape index (κ2) is 6.67. The van der Waals surface area contributed by atoms with Crippen molar-refractivity contribution in [3.05, 3.63) is 24.3 Å². The van der Waals surface area contributed by atoms with Gasteiger partial charge in [0.15, 0.2) is 0 Å². The molecular formula is C12H15ClF3NO2S. The summed E-state index contributed by atoms with van der Waals surface area (Å²) in [6, 6.07) is 4.61. The molecule has 0 amide bonds. The van der Waals surface area contributed by atoms with Crippen molar-refractivity contribution in [2.75, 3.05) is 11.2 Å². The van der Waals surface area contributed by atoms with Gasteiger partial charge in [0.1, 0.15) is 0 Å². The molecule has 1 aromatic rings. The van der Waals surface area contributed by atoms with E-state index in [0.717, 1.165) is 18.6 Å². The highest BCUT2D eigenvalue weighted by Gasteiger charge is 2.46. The maximum absolute atomic E-state index is 12.4. The molecule has 1 N–H and O–H groups in total. The molecule has 0 fully saturated rings. The minimum absolute atomic E-state index is 0.0950. The average molecular weight is 330 g/mol. The van der Waals surface area contributed by atoms with Gasteiger partial charge in [-0.15, -0.1) is 11.6 Å². The molecule has 8 heteroatoms. The fourth-order valence-corrected chi connectivity index (χ4v) is 2.63. The van der Waals surface area contributed by atoms with Crippen LogP contribution in [0.2, 0.25) is 0 Å². The molecule has 0 aliphatic heterocycles. The van der Waals surface area contributed by atoms with Gasteiger partial charge < -0.3 is 5.32 Å². The van der Waals surface area contributed by atoms with Gasteiger partial charge in [-0.25, -0.2) is 8.42 Å². The van der Waals surface area contributed by atoms with Crippen LogP contribution in [0.4, 0.5) is 18.9 Å². The van der Waals surface area contributed by atoms with Crippen LogP contribution in [0.15, 0.2) is 29.2 Å². The Balaban J connectivity index is 2.90. The number of halogens is 4. The average Bonchev–Trinajstić information content (AvgIpc) is 2.37. The Hall–Kier alpha value is -0.950. The van der Waals surface area contributed by atoms with E-state index >= 15 is 0 Å². The van der Waals surface area contributed by atoms with Gasteiger partial charge in [0, 0.05) is 17.6 Å². The summed E-state index contributed by atoms with van der Waals surface area (Å²) in [4.78, 5) is -0.763. The Labute approximate surface area is 121 Å². The fourth-order valence-electron chi connectivity index (χ4n) is 1.61. The molecule has 1 aromatic carbocycles. The molecule has 1 rings (SSSR count). The summed E-state index contributed by atoms with van der Waals surface area (Å²) in [5.74, 6) is 0.464. The normalized spacial score (nSPS) is 14.1. The summed E-state index contributed by atoms with van der Waals surface area (Å²) in [6.07, 6.45) is 1.51. The fraction of sp³-hybridized carbons (Fsp3) is 0.500.